The van der Waals surface area contributed by atoms with Crippen LogP contribution in [0.25, 0.3) is 0 Å². The van der Waals surface area contributed by atoms with E-state index in [4.69, 9.17) is 0 Å². The van der Waals surface area contributed by atoms with Crippen molar-refractivity contribution in [2.24, 2.45) is 5.41 Å². The first-order chi connectivity index (χ1) is 11.2. The van der Waals surface area contributed by atoms with Crippen LogP contribution in [-0.2, 0) is 17.6 Å². The molecular weight excluding hydrogens is 308 g/mol. The van der Waals surface area contributed by atoms with Gasteiger partial charge < -0.3 is 15.4 Å². The number of carboxylic acids is 1. The maximum absolute atomic E-state index is 12.4. The van der Waals surface area contributed by atoms with Crippen molar-refractivity contribution in [1.82, 2.24) is 10.3 Å². The van der Waals surface area contributed by atoms with Gasteiger partial charge in [-0.25, -0.2) is 4.79 Å². The van der Waals surface area contributed by atoms with E-state index >= 15 is 0 Å². The highest BCUT2D eigenvalue weighted by atomic mass is 16.4. The van der Waals surface area contributed by atoms with E-state index in [1.54, 1.807) is 6.07 Å². The van der Waals surface area contributed by atoms with Crippen LogP contribution in [0.1, 0.15) is 68.1 Å². The maximum Gasteiger partial charge on any atom is 0.326 e. The maximum atomic E-state index is 12.4. The van der Waals surface area contributed by atoms with E-state index in [2.05, 4.69) is 10.3 Å². The first-order valence-electron chi connectivity index (χ1n) is 8.46. The lowest BCUT2D eigenvalue weighted by atomic mass is 9.88. The number of aryl methyl sites for hydroxylation is 2. The molecule has 0 radical (unpaired) electrons. The van der Waals surface area contributed by atoms with Crippen molar-refractivity contribution in [2.75, 3.05) is 0 Å². The van der Waals surface area contributed by atoms with Gasteiger partial charge >= 0.3 is 5.97 Å². The molecule has 0 fully saturated rings. The molecule has 1 aromatic rings. The molecule has 1 aromatic heterocycles. The van der Waals surface area contributed by atoms with Crippen molar-refractivity contribution in [1.29, 1.82) is 0 Å². The van der Waals surface area contributed by atoms with Crippen LogP contribution < -0.4 is 10.9 Å². The fourth-order valence-electron chi connectivity index (χ4n) is 2.91. The van der Waals surface area contributed by atoms with Crippen LogP contribution in [0, 0.1) is 5.41 Å². The molecule has 6 heteroatoms. The van der Waals surface area contributed by atoms with Crippen LogP contribution in [0.15, 0.2) is 10.9 Å². The molecule has 1 unspecified atom stereocenters. The zero-order chi connectivity index (χ0) is 17.9. The zero-order valence-corrected chi connectivity index (χ0v) is 14.6. The molecule has 1 atom stereocenters. The van der Waals surface area contributed by atoms with Crippen LogP contribution in [-0.4, -0.2) is 28.0 Å². The molecule has 1 aliphatic carbocycles. The van der Waals surface area contributed by atoms with E-state index in [-0.39, 0.29) is 11.0 Å². The van der Waals surface area contributed by atoms with Gasteiger partial charge in [-0.1, -0.05) is 20.8 Å². The third kappa shape index (κ3) is 4.69. The molecule has 0 saturated carbocycles. The largest absolute Gasteiger partial charge is 0.480 e. The Balaban J connectivity index is 2.15. The van der Waals surface area contributed by atoms with Crippen LogP contribution in [0.2, 0.25) is 0 Å². The van der Waals surface area contributed by atoms with E-state index in [0.717, 1.165) is 36.9 Å². The van der Waals surface area contributed by atoms with Gasteiger partial charge in [0.1, 0.15) is 11.6 Å². The molecule has 0 spiro atoms. The second-order valence-corrected chi connectivity index (χ2v) is 7.69. The summed E-state index contributed by atoms with van der Waals surface area (Å²) in [4.78, 5) is 38.7. The van der Waals surface area contributed by atoms with Crippen LogP contribution in [0.4, 0.5) is 0 Å². The average molecular weight is 334 g/mol. The summed E-state index contributed by atoms with van der Waals surface area (Å²) in [5.41, 5.74) is 1.39. The second kappa shape index (κ2) is 7.20. The fraction of sp³-hybridized carbons (Fsp3) is 0.611. The number of carboxylic acid groups (broad SMARTS) is 1. The summed E-state index contributed by atoms with van der Waals surface area (Å²) in [6.07, 6.45) is 4.69. The Hall–Kier alpha value is -2.11. The standard InChI is InChI=1S/C18H26N2O4/c1-18(2,3)9-8-14(17(23)24)20-16(22)12-10-11-6-4-5-7-13(11)19-15(12)21/h10,14H,4-9H2,1-3H3,(H,19,21)(H,20,22)(H,23,24). The number of H-pyrrole nitrogens is 1. The minimum atomic E-state index is -1.08. The van der Waals surface area contributed by atoms with Crippen molar-refractivity contribution in [3.8, 4) is 0 Å². The van der Waals surface area contributed by atoms with Gasteiger partial charge in [0.25, 0.3) is 11.5 Å². The van der Waals surface area contributed by atoms with Gasteiger partial charge in [0.15, 0.2) is 0 Å². The molecule has 132 valence electrons. The minimum Gasteiger partial charge on any atom is -0.480 e. The summed E-state index contributed by atoms with van der Waals surface area (Å²) < 4.78 is 0. The first kappa shape index (κ1) is 18.2. The molecule has 1 heterocycles. The Morgan fingerprint density at radius 3 is 2.58 bits per heavy atom. The topological polar surface area (TPSA) is 99.3 Å². The van der Waals surface area contributed by atoms with Gasteiger partial charge in [0.2, 0.25) is 0 Å². The number of carbonyl (C=O) groups excluding carboxylic acids is 1. The Morgan fingerprint density at radius 2 is 1.96 bits per heavy atom. The van der Waals surface area contributed by atoms with Gasteiger partial charge in [-0.15, -0.1) is 0 Å². The van der Waals surface area contributed by atoms with Crippen LogP contribution >= 0.6 is 0 Å². The monoisotopic (exact) mass is 334 g/mol. The number of fused-ring (bicyclic) bond motifs is 1. The number of hydrogen-bond acceptors (Lipinski definition) is 3. The molecule has 0 bridgehead atoms. The van der Waals surface area contributed by atoms with Gasteiger partial charge in [-0.2, -0.15) is 0 Å². The van der Waals surface area contributed by atoms with Crippen molar-refractivity contribution in [2.45, 2.75) is 65.3 Å². The molecule has 24 heavy (non-hydrogen) atoms. The Morgan fingerprint density at radius 1 is 1.29 bits per heavy atom. The SMILES string of the molecule is CC(C)(C)CCC(NC(=O)c1cc2c([nH]c1=O)CCCC2)C(=O)O. The van der Waals surface area contributed by atoms with Gasteiger partial charge in [0.05, 0.1) is 0 Å². The molecule has 0 aliphatic heterocycles. The molecule has 0 saturated heterocycles. The number of pyridine rings is 1. The number of nitrogens with one attached hydrogen (secondary N) is 2. The first-order valence-corrected chi connectivity index (χ1v) is 8.46. The highest BCUT2D eigenvalue weighted by molar-refractivity contribution is 5.96. The Kier molecular flexibility index (Phi) is 5.47. The second-order valence-electron chi connectivity index (χ2n) is 7.69. The number of amides is 1. The lowest BCUT2D eigenvalue weighted by molar-refractivity contribution is -0.139. The van der Waals surface area contributed by atoms with Crippen molar-refractivity contribution >= 4 is 11.9 Å². The predicted molar refractivity (Wildman–Crippen MR) is 91.3 cm³/mol. The van der Waals surface area contributed by atoms with Gasteiger partial charge in [-0.05, 0) is 55.6 Å². The molecule has 2 rings (SSSR count). The third-order valence-electron chi connectivity index (χ3n) is 4.37. The lowest BCUT2D eigenvalue weighted by Crippen LogP contribution is -2.43. The summed E-state index contributed by atoms with van der Waals surface area (Å²) in [5, 5.41) is 11.8. The van der Waals surface area contributed by atoms with E-state index < -0.39 is 23.5 Å². The fourth-order valence-corrected chi connectivity index (χ4v) is 2.91. The molecule has 1 aliphatic rings. The summed E-state index contributed by atoms with van der Waals surface area (Å²) in [6, 6.07) is 0.623. The number of hydrogen-bond donors (Lipinski definition) is 3. The average Bonchev–Trinajstić information content (AvgIpc) is 2.49. The smallest absolute Gasteiger partial charge is 0.326 e. The Bertz CT molecular complexity index is 685. The Labute approximate surface area is 141 Å². The van der Waals surface area contributed by atoms with Gasteiger partial charge in [0, 0.05) is 5.69 Å². The summed E-state index contributed by atoms with van der Waals surface area (Å²) in [6.45, 7) is 6.05. The van der Waals surface area contributed by atoms with E-state index in [1.807, 2.05) is 20.8 Å². The number of aliphatic carboxylic acids is 1. The minimum absolute atomic E-state index is 0.00217. The molecule has 6 nitrogen and oxygen atoms in total. The van der Waals surface area contributed by atoms with E-state index in [0.29, 0.717) is 12.8 Å². The summed E-state index contributed by atoms with van der Waals surface area (Å²) >= 11 is 0. The van der Waals surface area contributed by atoms with E-state index in [9.17, 15) is 19.5 Å². The molecular formula is C18H26N2O4. The van der Waals surface area contributed by atoms with Crippen molar-refractivity contribution in [3.63, 3.8) is 0 Å². The molecule has 3 N–H and O–H groups in total. The summed E-state index contributed by atoms with van der Waals surface area (Å²) in [7, 11) is 0. The zero-order valence-electron chi connectivity index (χ0n) is 14.6. The van der Waals surface area contributed by atoms with Crippen molar-refractivity contribution in [3.05, 3.63) is 33.2 Å². The number of aromatic amines is 1. The van der Waals surface area contributed by atoms with Gasteiger partial charge in [-0.3, -0.25) is 9.59 Å². The predicted octanol–water partition coefficient (Wildman–Crippen LogP) is 2.26. The molecule has 0 aromatic carbocycles. The lowest BCUT2D eigenvalue weighted by Gasteiger charge is -2.22. The highest BCUT2D eigenvalue weighted by Crippen LogP contribution is 2.22. The van der Waals surface area contributed by atoms with E-state index in [1.165, 1.54) is 0 Å². The normalized spacial score (nSPS) is 15.5. The number of carbonyl (C=O) groups is 2. The quantitative estimate of drug-likeness (QED) is 0.769. The molecule has 1 amide bonds. The van der Waals surface area contributed by atoms with Crippen molar-refractivity contribution < 1.29 is 14.7 Å². The number of rotatable bonds is 5. The highest BCUT2D eigenvalue weighted by Gasteiger charge is 2.25. The van der Waals surface area contributed by atoms with Crippen LogP contribution in [0.3, 0.4) is 0 Å². The van der Waals surface area contributed by atoms with Crippen LogP contribution in [0.5, 0.6) is 0 Å². The third-order valence-corrected chi connectivity index (χ3v) is 4.37. The number of aromatic nitrogens is 1. The summed E-state index contributed by atoms with van der Waals surface area (Å²) in [5.74, 6) is -1.70.